The normalized spacial score (nSPS) is 22.1. The van der Waals surface area contributed by atoms with Gasteiger partial charge in [0.05, 0.1) is 13.0 Å². The largest absolute Gasteiger partial charge is 0.465 e. The number of carbonyl (C=O) groups excluding carboxylic acids is 1. The highest BCUT2D eigenvalue weighted by Gasteiger charge is 2.43. The zero-order chi connectivity index (χ0) is 13.3. The number of carbonyl (C=O) groups is 1. The van der Waals surface area contributed by atoms with Crippen molar-refractivity contribution in [1.29, 1.82) is 0 Å². The summed E-state index contributed by atoms with van der Waals surface area (Å²) in [4.78, 5) is 11.0. The van der Waals surface area contributed by atoms with Gasteiger partial charge in [0.1, 0.15) is 0 Å². The van der Waals surface area contributed by atoms with E-state index < -0.39 is 8.32 Å². The highest BCUT2D eigenvalue weighted by molar-refractivity contribution is 6.74. The molecule has 0 aromatic rings. The first kappa shape index (κ1) is 14.7. The average Bonchev–Trinajstić information content (AvgIpc) is 2.61. The van der Waals surface area contributed by atoms with Crippen molar-refractivity contribution in [2.45, 2.75) is 52.2 Å². The number of hydrogen-bond acceptors (Lipinski definition) is 3. The predicted molar refractivity (Wildman–Crippen MR) is 71.4 cm³/mol. The van der Waals surface area contributed by atoms with Crippen LogP contribution in [0.4, 0.5) is 0 Å². The first-order valence-electron chi connectivity index (χ1n) is 6.46. The maximum absolute atomic E-state index is 11.0. The summed E-state index contributed by atoms with van der Waals surface area (Å²) in [6.45, 7) is 14.8. The third-order valence-corrected chi connectivity index (χ3v) is 9.18. The van der Waals surface area contributed by atoms with E-state index >= 15 is 0 Å². The molecule has 0 saturated carbocycles. The number of rotatable bonds is 5. The van der Waals surface area contributed by atoms with Crippen LogP contribution in [0.5, 0.6) is 0 Å². The number of esters is 1. The van der Waals surface area contributed by atoms with Gasteiger partial charge in [-0.2, -0.15) is 0 Å². The Hall–Kier alpha value is -0.353. The maximum Gasteiger partial charge on any atom is 0.306 e. The lowest BCUT2D eigenvalue weighted by Crippen LogP contribution is -2.46. The molecule has 1 heterocycles. The summed E-state index contributed by atoms with van der Waals surface area (Å²) in [5.74, 6) is 0.782. The molecule has 1 atom stereocenters. The van der Waals surface area contributed by atoms with Crippen molar-refractivity contribution in [2.75, 3.05) is 13.2 Å². The molecule has 1 rings (SSSR count). The fourth-order valence-corrected chi connectivity index (χ4v) is 4.29. The summed E-state index contributed by atoms with van der Waals surface area (Å²) in [6, 6.07) is 0. The Balaban J connectivity index is 2.52. The van der Waals surface area contributed by atoms with E-state index in [1.54, 1.807) is 0 Å². The van der Waals surface area contributed by atoms with Gasteiger partial charge in [-0.15, -0.1) is 0 Å². The molecular weight excluding hydrogens is 232 g/mol. The Kier molecular flexibility index (Phi) is 4.41. The predicted octanol–water partition coefficient (Wildman–Crippen LogP) is 3.21. The average molecular weight is 258 g/mol. The third-order valence-electron chi connectivity index (χ3n) is 4.61. The van der Waals surface area contributed by atoms with Crippen LogP contribution in [-0.4, -0.2) is 27.5 Å². The van der Waals surface area contributed by atoms with Gasteiger partial charge >= 0.3 is 5.97 Å². The van der Waals surface area contributed by atoms with Gasteiger partial charge in [-0.1, -0.05) is 27.7 Å². The first-order chi connectivity index (χ1) is 7.67. The molecule has 0 unspecified atom stereocenters. The summed E-state index contributed by atoms with van der Waals surface area (Å²) in [5, 5.41) is 0.233. The second-order valence-corrected chi connectivity index (χ2v) is 11.0. The van der Waals surface area contributed by atoms with Gasteiger partial charge in [-0.3, -0.25) is 4.79 Å². The molecule has 1 fully saturated rings. The van der Waals surface area contributed by atoms with E-state index in [0.717, 1.165) is 0 Å². The van der Waals surface area contributed by atoms with Crippen molar-refractivity contribution in [3.05, 3.63) is 0 Å². The third kappa shape index (κ3) is 3.32. The van der Waals surface area contributed by atoms with Crippen molar-refractivity contribution in [3.63, 3.8) is 0 Å². The maximum atomic E-state index is 11.0. The lowest BCUT2D eigenvalue weighted by atomic mass is 9.99. The molecule has 0 bridgehead atoms. The summed E-state index contributed by atoms with van der Waals surface area (Å²) in [7, 11) is -1.75. The zero-order valence-electron chi connectivity index (χ0n) is 12.0. The lowest BCUT2D eigenvalue weighted by molar-refractivity contribution is -0.137. The van der Waals surface area contributed by atoms with Gasteiger partial charge in [0.25, 0.3) is 0 Å². The monoisotopic (exact) mass is 258 g/mol. The van der Waals surface area contributed by atoms with Crippen LogP contribution in [-0.2, 0) is 14.0 Å². The number of cyclic esters (lactones) is 1. The molecule has 4 heteroatoms. The summed E-state index contributed by atoms with van der Waals surface area (Å²) < 4.78 is 11.2. The van der Waals surface area contributed by atoms with Crippen molar-refractivity contribution in [3.8, 4) is 0 Å². The van der Waals surface area contributed by atoms with Crippen molar-refractivity contribution < 1.29 is 14.0 Å². The molecule has 17 heavy (non-hydrogen) atoms. The van der Waals surface area contributed by atoms with Gasteiger partial charge < -0.3 is 9.16 Å². The number of ether oxygens (including phenoxy) is 1. The van der Waals surface area contributed by atoms with E-state index in [2.05, 4.69) is 40.8 Å². The Morgan fingerprint density at radius 1 is 1.47 bits per heavy atom. The fourth-order valence-electron chi connectivity index (χ4n) is 1.88. The van der Waals surface area contributed by atoms with E-state index in [1.165, 1.54) is 0 Å². The Labute approximate surface area is 106 Å². The zero-order valence-corrected chi connectivity index (χ0v) is 13.0. The quantitative estimate of drug-likeness (QED) is 0.561. The summed E-state index contributed by atoms with van der Waals surface area (Å²) in [6.07, 6.45) is 0.520. The number of hydrogen-bond donors (Lipinski definition) is 0. The van der Waals surface area contributed by atoms with Crippen LogP contribution in [0.3, 0.4) is 0 Å². The van der Waals surface area contributed by atoms with Crippen LogP contribution < -0.4 is 0 Å². The van der Waals surface area contributed by atoms with Crippen LogP contribution >= 0.6 is 0 Å². The Bertz CT molecular complexity index is 284. The van der Waals surface area contributed by atoms with Gasteiger partial charge in [-0.05, 0) is 24.1 Å². The molecule has 0 radical (unpaired) electrons. The first-order valence-corrected chi connectivity index (χ1v) is 9.37. The van der Waals surface area contributed by atoms with Gasteiger partial charge in [-0.25, -0.2) is 0 Å². The van der Waals surface area contributed by atoms with Gasteiger partial charge in [0.2, 0.25) is 0 Å². The van der Waals surface area contributed by atoms with E-state index in [0.29, 0.717) is 25.6 Å². The summed E-state index contributed by atoms with van der Waals surface area (Å²) >= 11 is 0. The minimum Gasteiger partial charge on any atom is -0.465 e. The van der Waals surface area contributed by atoms with Crippen LogP contribution in [0, 0.1) is 11.8 Å². The highest BCUT2D eigenvalue weighted by Crippen LogP contribution is 2.44. The van der Waals surface area contributed by atoms with Gasteiger partial charge in [0.15, 0.2) is 8.32 Å². The van der Waals surface area contributed by atoms with Crippen LogP contribution in [0.25, 0.3) is 0 Å². The Morgan fingerprint density at radius 3 is 2.47 bits per heavy atom. The van der Waals surface area contributed by atoms with Crippen LogP contribution in [0.1, 0.15) is 34.1 Å². The molecule has 0 spiro atoms. The Morgan fingerprint density at radius 2 is 2.06 bits per heavy atom. The molecule has 100 valence electrons. The molecular formula is C13H26O3Si. The highest BCUT2D eigenvalue weighted by atomic mass is 28.4. The van der Waals surface area contributed by atoms with Gasteiger partial charge in [0, 0.05) is 12.5 Å². The molecule has 1 aliphatic rings. The van der Waals surface area contributed by atoms with Crippen LogP contribution in [0.15, 0.2) is 0 Å². The van der Waals surface area contributed by atoms with Crippen molar-refractivity contribution >= 4 is 14.3 Å². The van der Waals surface area contributed by atoms with E-state index in [1.807, 2.05) is 0 Å². The van der Waals surface area contributed by atoms with Crippen molar-refractivity contribution in [2.24, 2.45) is 11.8 Å². The van der Waals surface area contributed by atoms with E-state index in [-0.39, 0.29) is 16.9 Å². The summed E-state index contributed by atoms with van der Waals surface area (Å²) in [5.41, 5.74) is 0. The smallest absolute Gasteiger partial charge is 0.306 e. The molecule has 3 nitrogen and oxygen atoms in total. The minimum atomic E-state index is -1.75. The molecule has 1 aliphatic heterocycles. The van der Waals surface area contributed by atoms with Crippen molar-refractivity contribution in [1.82, 2.24) is 0 Å². The standard InChI is InChI=1S/C13H26O3Si/c1-10(2)13(3,4)17(5,6)16-9-11-7-12(14)15-8-11/h10-11H,7-9H2,1-6H3/t11-/m0/s1. The molecule has 0 aromatic carbocycles. The molecule has 0 amide bonds. The molecule has 0 N–H and O–H groups in total. The van der Waals surface area contributed by atoms with E-state index in [9.17, 15) is 4.79 Å². The SMILES string of the molecule is CC(C)C(C)(C)[Si](C)(C)OC[C@@H]1COC(=O)C1. The lowest BCUT2D eigenvalue weighted by Gasteiger charge is -2.42. The minimum absolute atomic E-state index is 0.0822. The van der Waals surface area contributed by atoms with E-state index in [4.69, 9.17) is 9.16 Å². The molecule has 0 aromatic heterocycles. The second-order valence-electron chi connectivity index (χ2n) is 6.45. The molecule has 0 aliphatic carbocycles. The van der Waals surface area contributed by atoms with Crippen LogP contribution in [0.2, 0.25) is 18.1 Å². The molecule has 1 saturated heterocycles. The fraction of sp³-hybridized carbons (Fsp3) is 0.923. The topological polar surface area (TPSA) is 35.5 Å². The second kappa shape index (κ2) is 5.10.